The number of hydrogen-bond acceptors (Lipinski definition) is 2. The first-order chi connectivity index (χ1) is 9.83. The van der Waals surface area contributed by atoms with Crippen molar-refractivity contribution in [3.05, 3.63) is 29.3 Å². The van der Waals surface area contributed by atoms with Gasteiger partial charge in [-0.2, -0.15) is 0 Å². The number of anilines is 1. The van der Waals surface area contributed by atoms with Crippen molar-refractivity contribution in [2.24, 2.45) is 5.92 Å². The summed E-state index contributed by atoms with van der Waals surface area (Å²) in [4.78, 5) is 25.6. The lowest BCUT2D eigenvalue weighted by Crippen LogP contribution is -2.66. The van der Waals surface area contributed by atoms with Crippen molar-refractivity contribution in [3.8, 4) is 0 Å². The molecule has 2 amide bonds. The number of carbonyl (C=O) groups is 2. The standard InChI is InChI=1S/C15H16F2N2O2/c1-8-5-11(17)12(6-10(8)16)19-7-13(20)18-15(2,14(19)21)9-3-4-9/h5-6,9H,3-4,7H2,1-2H3,(H,18,20). The summed E-state index contributed by atoms with van der Waals surface area (Å²) in [5.41, 5.74) is -1.04. The van der Waals surface area contributed by atoms with Gasteiger partial charge in [-0.3, -0.25) is 14.5 Å². The normalized spacial score (nSPS) is 26.0. The molecular formula is C15H16F2N2O2. The van der Waals surface area contributed by atoms with Crippen molar-refractivity contribution in [1.29, 1.82) is 0 Å². The maximum atomic E-state index is 14.1. The van der Waals surface area contributed by atoms with Crippen LogP contribution in [0.2, 0.25) is 0 Å². The van der Waals surface area contributed by atoms with Gasteiger partial charge < -0.3 is 5.32 Å². The minimum Gasteiger partial charge on any atom is -0.340 e. The highest BCUT2D eigenvalue weighted by Crippen LogP contribution is 2.42. The highest BCUT2D eigenvalue weighted by molar-refractivity contribution is 6.09. The van der Waals surface area contributed by atoms with Gasteiger partial charge in [0.05, 0.1) is 5.69 Å². The maximum absolute atomic E-state index is 14.1. The summed E-state index contributed by atoms with van der Waals surface area (Å²) in [5, 5.41) is 2.70. The number of rotatable bonds is 2. The van der Waals surface area contributed by atoms with E-state index in [4.69, 9.17) is 0 Å². The van der Waals surface area contributed by atoms with Crippen LogP contribution in [0.4, 0.5) is 14.5 Å². The molecule has 4 nitrogen and oxygen atoms in total. The SMILES string of the molecule is Cc1cc(F)c(N2CC(=O)NC(C)(C3CC3)C2=O)cc1F. The second-order valence-corrected chi connectivity index (χ2v) is 5.97. The Morgan fingerprint density at radius 1 is 1.24 bits per heavy atom. The van der Waals surface area contributed by atoms with Gasteiger partial charge in [0.15, 0.2) is 0 Å². The molecule has 112 valence electrons. The van der Waals surface area contributed by atoms with Crippen LogP contribution in [0.25, 0.3) is 0 Å². The molecule has 1 N–H and O–H groups in total. The van der Waals surface area contributed by atoms with Gasteiger partial charge in [-0.05, 0) is 44.2 Å². The molecule has 1 aromatic rings. The third-order valence-corrected chi connectivity index (χ3v) is 4.30. The van der Waals surface area contributed by atoms with Crippen LogP contribution < -0.4 is 10.2 Å². The van der Waals surface area contributed by atoms with E-state index in [1.807, 2.05) is 0 Å². The molecule has 2 fully saturated rings. The molecule has 0 spiro atoms. The number of aryl methyl sites for hydroxylation is 1. The number of nitrogens with zero attached hydrogens (tertiary/aromatic N) is 1. The third kappa shape index (κ3) is 2.18. The first-order valence-electron chi connectivity index (χ1n) is 6.91. The van der Waals surface area contributed by atoms with Crippen molar-refractivity contribution in [3.63, 3.8) is 0 Å². The monoisotopic (exact) mass is 294 g/mol. The number of benzene rings is 1. The van der Waals surface area contributed by atoms with Crippen molar-refractivity contribution in [2.45, 2.75) is 32.2 Å². The topological polar surface area (TPSA) is 49.4 Å². The molecule has 3 rings (SSSR count). The second kappa shape index (κ2) is 4.51. The Balaban J connectivity index is 2.03. The van der Waals surface area contributed by atoms with Gasteiger partial charge in [-0.1, -0.05) is 0 Å². The zero-order valence-corrected chi connectivity index (χ0v) is 11.9. The zero-order chi connectivity index (χ0) is 15.4. The molecule has 1 aromatic carbocycles. The summed E-state index contributed by atoms with van der Waals surface area (Å²) in [6.07, 6.45) is 1.70. The third-order valence-electron chi connectivity index (χ3n) is 4.30. The Morgan fingerprint density at radius 2 is 1.90 bits per heavy atom. The number of amides is 2. The molecule has 2 aliphatic rings. The Hall–Kier alpha value is -1.98. The minimum atomic E-state index is -1.02. The molecule has 0 bridgehead atoms. The summed E-state index contributed by atoms with van der Waals surface area (Å²) in [6, 6.07) is 2.02. The average molecular weight is 294 g/mol. The molecule has 1 aliphatic carbocycles. The van der Waals surface area contributed by atoms with Gasteiger partial charge in [-0.25, -0.2) is 8.78 Å². The van der Waals surface area contributed by atoms with Crippen LogP contribution in [0.5, 0.6) is 0 Å². The van der Waals surface area contributed by atoms with Crippen LogP contribution in [0.15, 0.2) is 12.1 Å². The summed E-state index contributed by atoms with van der Waals surface area (Å²) in [6.45, 7) is 2.81. The number of nitrogens with one attached hydrogen (secondary N) is 1. The van der Waals surface area contributed by atoms with Crippen LogP contribution in [0.3, 0.4) is 0 Å². The first kappa shape index (κ1) is 14.0. The summed E-state index contributed by atoms with van der Waals surface area (Å²) in [5.74, 6) is -1.97. The summed E-state index contributed by atoms with van der Waals surface area (Å²) >= 11 is 0. The molecule has 1 saturated carbocycles. The van der Waals surface area contributed by atoms with Crippen LogP contribution in [0, 0.1) is 24.5 Å². The molecular weight excluding hydrogens is 278 g/mol. The van der Waals surface area contributed by atoms with Crippen molar-refractivity contribution in [2.75, 3.05) is 11.4 Å². The lowest BCUT2D eigenvalue weighted by atomic mass is 9.91. The number of halogens is 2. The highest BCUT2D eigenvalue weighted by atomic mass is 19.1. The Kier molecular flexibility index (Phi) is 3.00. The highest BCUT2D eigenvalue weighted by Gasteiger charge is 2.53. The van der Waals surface area contributed by atoms with E-state index in [0.29, 0.717) is 0 Å². The smallest absolute Gasteiger partial charge is 0.253 e. The quantitative estimate of drug-likeness (QED) is 0.905. The summed E-state index contributed by atoms with van der Waals surface area (Å²) < 4.78 is 27.8. The molecule has 1 saturated heterocycles. The van der Waals surface area contributed by atoms with E-state index in [2.05, 4.69) is 5.32 Å². The largest absolute Gasteiger partial charge is 0.340 e. The van der Waals surface area contributed by atoms with Gasteiger partial charge in [0.25, 0.3) is 5.91 Å². The second-order valence-electron chi connectivity index (χ2n) is 5.97. The van der Waals surface area contributed by atoms with Crippen molar-refractivity contribution >= 4 is 17.5 Å². The van der Waals surface area contributed by atoms with E-state index in [-0.39, 0.29) is 35.5 Å². The van der Waals surface area contributed by atoms with E-state index in [0.717, 1.165) is 29.9 Å². The van der Waals surface area contributed by atoms with Crippen LogP contribution in [-0.2, 0) is 9.59 Å². The van der Waals surface area contributed by atoms with Gasteiger partial charge in [0.2, 0.25) is 5.91 Å². The molecule has 1 unspecified atom stereocenters. The van der Waals surface area contributed by atoms with Gasteiger partial charge >= 0.3 is 0 Å². The fourth-order valence-electron chi connectivity index (χ4n) is 2.85. The summed E-state index contributed by atoms with van der Waals surface area (Å²) in [7, 11) is 0. The lowest BCUT2D eigenvalue weighted by molar-refractivity contribution is -0.136. The predicted molar refractivity (Wildman–Crippen MR) is 72.7 cm³/mol. The first-order valence-corrected chi connectivity index (χ1v) is 6.91. The lowest BCUT2D eigenvalue weighted by Gasteiger charge is -2.40. The van der Waals surface area contributed by atoms with E-state index < -0.39 is 17.2 Å². The molecule has 6 heteroatoms. The van der Waals surface area contributed by atoms with E-state index >= 15 is 0 Å². The maximum Gasteiger partial charge on any atom is 0.253 e. The average Bonchev–Trinajstić information content (AvgIpc) is 3.23. The van der Waals surface area contributed by atoms with Crippen molar-refractivity contribution in [1.82, 2.24) is 5.32 Å². The molecule has 1 heterocycles. The van der Waals surface area contributed by atoms with Gasteiger partial charge in [0.1, 0.15) is 23.7 Å². The van der Waals surface area contributed by atoms with E-state index in [1.54, 1.807) is 6.92 Å². The van der Waals surface area contributed by atoms with E-state index in [1.165, 1.54) is 6.92 Å². The van der Waals surface area contributed by atoms with Crippen LogP contribution in [-0.4, -0.2) is 23.9 Å². The number of hydrogen-bond donors (Lipinski definition) is 1. The van der Waals surface area contributed by atoms with Gasteiger partial charge in [0, 0.05) is 6.07 Å². The molecule has 0 aromatic heterocycles. The minimum absolute atomic E-state index is 0.0649. The van der Waals surface area contributed by atoms with Crippen LogP contribution in [0.1, 0.15) is 25.3 Å². The fourth-order valence-corrected chi connectivity index (χ4v) is 2.85. The Bertz CT molecular complexity index is 643. The van der Waals surface area contributed by atoms with Crippen molar-refractivity contribution < 1.29 is 18.4 Å². The number of piperazine rings is 1. The Labute approximate surface area is 121 Å². The zero-order valence-electron chi connectivity index (χ0n) is 11.9. The molecule has 0 radical (unpaired) electrons. The predicted octanol–water partition coefficient (Wildman–Crippen LogP) is 1.90. The molecule has 21 heavy (non-hydrogen) atoms. The number of carbonyl (C=O) groups excluding carboxylic acids is 2. The Morgan fingerprint density at radius 3 is 2.52 bits per heavy atom. The molecule has 1 aliphatic heterocycles. The molecule has 1 atom stereocenters. The van der Waals surface area contributed by atoms with Crippen LogP contribution >= 0.6 is 0 Å². The van der Waals surface area contributed by atoms with E-state index in [9.17, 15) is 18.4 Å². The van der Waals surface area contributed by atoms with Gasteiger partial charge in [-0.15, -0.1) is 0 Å². The fraction of sp³-hybridized carbons (Fsp3) is 0.467.